The lowest BCUT2D eigenvalue weighted by molar-refractivity contribution is -0.384. The van der Waals surface area contributed by atoms with Crippen molar-refractivity contribution in [2.75, 3.05) is 0 Å². The molecule has 0 radical (unpaired) electrons. The summed E-state index contributed by atoms with van der Waals surface area (Å²) in [6.07, 6.45) is 1.45. The molecular formula is C15H11N3O5S. The van der Waals surface area contributed by atoms with Gasteiger partial charge in [0.15, 0.2) is 12.4 Å². The highest BCUT2D eigenvalue weighted by molar-refractivity contribution is 7.03. The number of nitro benzene ring substituents is 1. The highest BCUT2D eigenvalue weighted by Gasteiger charge is 2.15. The third-order valence-electron chi connectivity index (χ3n) is 3.19. The van der Waals surface area contributed by atoms with Crippen molar-refractivity contribution >= 4 is 23.2 Å². The first kappa shape index (κ1) is 15.8. The van der Waals surface area contributed by atoms with E-state index in [4.69, 9.17) is 9.15 Å². The lowest BCUT2D eigenvalue weighted by Crippen LogP contribution is -2.05. The van der Waals surface area contributed by atoms with Crippen LogP contribution < -0.4 is 0 Å². The Bertz CT molecular complexity index is 885. The van der Waals surface area contributed by atoms with Gasteiger partial charge in [-0.25, -0.2) is 9.78 Å². The Kier molecular flexibility index (Phi) is 4.34. The highest BCUT2D eigenvalue weighted by Crippen LogP contribution is 2.22. The van der Waals surface area contributed by atoms with Crippen molar-refractivity contribution in [2.24, 2.45) is 0 Å². The molecule has 0 atom stereocenters. The summed E-state index contributed by atoms with van der Waals surface area (Å²) < 4.78 is 14.7. The predicted octanol–water partition coefficient (Wildman–Crippen LogP) is 3.37. The molecule has 0 bridgehead atoms. The first-order chi connectivity index (χ1) is 11.5. The van der Waals surface area contributed by atoms with Crippen LogP contribution in [-0.2, 0) is 11.3 Å². The number of nitrogens with zero attached hydrogens (tertiary/aromatic N) is 3. The zero-order chi connectivity index (χ0) is 17.1. The van der Waals surface area contributed by atoms with Crippen LogP contribution in [0, 0.1) is 17.0 Å². The number of esters is 1. The van der Waals surface area contributed by atoms with Crippen molar-refractivity contribution in [2.45, 2.75) is 13.5 Å². The van der Waals surface area contributed by atoms with E-state index < -0.39 is 10.9 Å². The number of oxazole rings is 1. The summed E-state index contributed by atoms with van der Waals surface area (Å²) in [4.78, 5) is 26.1. The lowest BCUT2D eigenvalue weighted by atomic mass is 10.2. The van der Waals surface area contributed by atoms with Crippen LogP contribution in [-0.4, -0.2) is 20.3 Å². The van der Waals surface area contributed by atoms with Gasteiger partial charge in [-0.3, -0.25) is 10.1 Å². The molecule has 0 saturated heterocycles. The molecule has 0 amide bonds. The molecule has 0 aliphatic rings. The van der Waals surface area contributed by atoms with Gasteiger partial charge in [-0.05, 0) is 30.6 Å². The second-order valence-electron chi connectivity index (χ2n) is 4.83. The van der Waals surface area contributed by atoms with E-state index in [1.165, 1.54) is 29.9 Å². The fourth-order valence-electron chi connectivity index (χ4n) is 1.94. The van der Waals surface area contributed by atoms with E-state index in [2.05, 4.69) is 9.36 Å². The van der Waals surface area contributed by atoms with Crippen LogP contribution in [0.25, 0.3) is 11.5 Å². The van der Waals surface area contributed by atoms with Crippen LogP contribution >= 0.6 is 11.5 Å². The molecule has 24 heavy (non-hydrogen) atoms. The van der Waals surface area contributed by atoms with Crippen molar-refractivity contribution in [1.82, 2.24) is 9.36 Å². The third kappa shape index (κ3) is 3.30. The standard InChI is InChI=1S/C15H11N3O5S/c1-9-13(8-24-17-9)15(19)22-7-12-6-16-14(23-12)10-2-4-11(5-3-10)18(20)21/h2-6,8H,7H2,1H3. The summed E-state index contributed by atoms with van der Waals surface area (Å²) in [6, 6.07) is 5.82. The molecule has 2 aromatic heterocycles. The fraction of sp³-hybridized carbons (Fsp3) is 0.133. The Labute approximate surface area is 140 Å². The Morgan fingerprint density at radius 1 is 1.38 bits per heavy atom. The van der Waals surface area contributed by atoms with E-state index >= 15 is 0 Å². The topological polar surface area (TPSA) is 108 Å². The summed E-state index contributed by atoms with van der Waals surface area (Å²) >= 11 is 1.19. The molecule has 0 aliphatic heterocycles. The maximum Gasteiger partial charge on any atom is 0.341 e. The number of hydrogen-bond acceptors (Lipinski definition) is 8. The van der Waals surface area contributed by atoms with Gasteiger partial charge in [0.25, 0.3) is 5.69 Å². The molecule has 3 aromatic rings. The summed E-state index contributed by atoms with van der Waals surface area (Å²) in [7, 11) is 0. The maximum atomic E-state index is 11.9. The summed E-state index contributed by atoms with van der Waals surface area (Å²) in [5.41, 5.74) is 1.62. The first-order valence-corrected chi connectivity index (χ1v) is 7.66. The smallest absolute Gasteiger partial charge is 0.341 e. The Hall–Kier alpha value is -3.07. The van der Waals surface area contributed by atoms with Gasteiger partial charge in [0.1, 0.15) is 0 Å². The van der Waals surface area contributed by atoms with Gasteiger partial charge >= 0.3 is 5.97 Å². The predicted molar refractivity (Wildman–Crippen MR) is 84.6 cm³/mol. The number of hydrogen-bond donors (Lipinski definition) is 0. The van der Waals surface area contributed by atoms with Crippen LogP contribution in [0.15, 0.2) is 40.3 Å². The Balaban J connectivity index is 1.66. The van der Waals surface area contributed by atoms with Crippen LogP contribution in [0.1, 0.15) is 21.8 Å². The van der Waals surface area contributed by atoms with E-state index in [-0.39, 0.29) is 12.3 Å². The average Bonchev–Trinajstić information content (AvgIpc) is 3.21. The van der Waals surface area contributed by atoms with Crippen molar-refractivity contribution in [3.05, 3.63) is 63.0 Å². The lowest BCUT2D eigenvalue weighted by Gasteiger charge is -2.01. The van der Waals surface area contributed by atoms with E-state index in [9.17, 15) is 14.9 Å². The van der Waals surface area contributed by atoms with Gasteiger partial charge in [-0.15, -0.1) is 0 Å². The van der Waals surface area contributed by atoms with Gasteiger partial charge in [-0.1, -0.05) is 0 Å². The van der Waals surface area contributed by atoms with E-state index in [1.807, 2.05) is 0 Å². The number of aromatic nitrogens is 2. The van der Waals surface area contributed by atoms with Gasteiger partial charge in [0.2, 0.25) is 5.89 Å². The minimum atomic E-state index is -0.481. The van der Waals surface area contributed by atoms with E-state index in [0.717, 1.165) is 0 Å². The number of benzene rings is 1. The molecule has 1 aromatic carbocycles. The summed E-state index contributed by atoms with van der Waals surface area (Å²) in [5.74, 6) is 0.191. The Morgan fingerprint density at radius 3 is 2.75 bits per heavy atom. The molecule has 0 aliphatic carbocycles. The number of carbonyl (C=O) groups is 1. The van der Waals surface area contributed by atoms with Crippen molar-refractivity contribution in [3.63, 3.8) is 0 Å². The average molecular weight is 345 g/mol. The third-order valence-corrected chi connectivity index (χ3v) is 3.91. The van der Waals surface area contributed by atoms with Crippen LogP contribution in [0.3, 0.4) is 0 Å². The minimum absolute atomic E-state index is 0.0146. The van der Waals surface area contributed by atoms with Crippen LogP contribution in [0.4, 0.5) is 5.69 Å². The molecule has 3 rings (SSSR count). The molecular weight excluding hydrogens is 334 g/mol. The molecule has 0 saturated carbocycles. The van der Waals surface area contributed by atoms with E-state index in [1.54, 1.807) is 24.4 Å². The number of aryl methyl sites for hydroxylation is 1. The number of rotatable bonds is 5. The number of carbonyl (C=O) groups excluding carboxylic acids is 1. The quantitative estimate of drug-likeness (QED) is 0.396. The number of nitro groups is 1. The molecule has 8 nitrogen and oxygen atoms in total. The normalized spacial score (nSPS) is 10.5. The van der Waals surface area contributed by atoms with E-state index in [0.29, 0.717) is 28.5 Å². The number of ether oxygens (including phenoxy) is 1. The zero-order valence-electron chi connectivity index (χ0n) is 12.5. The summed E-state index contributed by atoms with van der Waals surface area (Å²) in [6.45, 7) is 1.67. The second-order valence-corrected chi connectivity index (χ2v) is 5.45. The summed E-state index contributed by atoms with van der Waals surface area (Å²) in [5, 5.41) is 12.3. The molecule has 2 heterocycles. The minimum Gasteiger partial charge on any atom is -0.454 e. The molecule has 0 spiro atoms. The highest BCUT2D eigenvalue weighted by atomic mass is 32.1. The molecule has 122 valence electrons. The van der Waals surface area contributed by atoms with Crippen molar-refractivity contribution in [1.29, 1.82) is 0 Å². The van der Waals surface area contributed by atoms with Gasteiger partial charge in [-0.2, -0.15) is 4.37 Å². The molecule has 0 fully saturated rings. The van der Waals surface area contributed by atoms with Crippen molar-refractivity contribution in [3.8, 4) is 11.5 Å². The monoisotopic (exact) mass is 345 g/mol. The second kappa shape index (κ2) is 6.59. The zero-order valence-corrected chi connectivity index (χ0v) is 13.3. The fourth-order valence-corrected chi connectivity index (χ4v) is 2.62. The SMILES string of the molecule is Cc1nscc1C(=O)OCc1cnc(-c2ccc([N+](=O)[O-])cc2)o1. The van der Waals surface area contributed by atoms with Crippen LogP contribution in [0.2, 0.25) is 0 Å². The van der Waals surface area contributed by atoms with Crippen LogP contribution in [0.5, 0.6) is 0 Å². The largest absolute Gasteiger partial charge is 0.454 e. The molecule has 0 unspecified atom stereocenters. The van der Waals surface area contributed by atoms with Crippen molar-refractivity contribution < 1.29 is 18.9 Å². The van der Waals surface area contributed by atoms with Gasteiger partial charge in [0, 0.05) is 23.1 Å². The first-order valence-electron chi connectivity index (χ1n) is 6.82. The molecule has 0 N–H and O–H groups in total. The maximum absolute atomic E-state index is 11.9. The molecule has 9 heteroatoms. The van der Waals surface area contributed by atoms with Gasteiger partial charge < -0.3 is 9.15 Å². The Morgan fingerprint density at radius 2 is 2.12 bits per heavy atom. The van der Waals surface area contributed by atoms with Gasteiger partial charge in [0.05, 0.1) is 22.4 Å². The number of non-ortho nitro benzene ring substituents is 1.